The summed E-state index contributed by atoms with van der Waals surface area (Å²) in [4.78, 5) is 0. The minimum Gasteiger partial charge on any atom is -0.393 e. The zero-order valence-electron chi connectivity index (χ0n) is 7.88. The quantitative estimate of drug-likeness (QED) is 0.618. The number of hydrogen-bond acceptors (Lipinski definition) is 1. The molecule has 1 nitrogen and oxygen atoms in total. The summed E-state index contributed by atoms with van der Waals surface area (Å²) in [6.07, 6.45) is 3.68. The van der Waals surface area contributed by atoms with Gasteiger partial charge in [-0.3, -0.25) is 0 Å². The zero-order valence-corrected chi connectivity index (χ0v) is 7.88. The van der Waals surface area contributed by atoms with Crippen LogP contribution >= 0.6 is 0 Å². The van der Waals surface area contributed by atoms with Crippen LogP contribution in [0.2, 0.25) is 0 Å². The number of rotatable bonds is 1. The number of aliphatic hydroxyl groups excluding tert-OH is 1. The second-order valence-electron chi connectivity index (χ2n) is 4.19. The summed E-state index contributed by atoms with van der Waals surface area (Å²) in [6.45, 7) is 6.59. The molecule has 0 heterocycles. The second-order valence-corrected chi connectivity index (χ2v) is 4.19. The summed E-state index contributed by atoms with van der Waals surface area (Å²) < 4.78 is 0. The normalized spacial score (nSPS) is 45.8. The Bertz CT molecular complexity index is 110. The number of hydrogen-bond donors (Lipinski definition) is 1. The molecule has 66 valence electrons. The lowest BCUT2D eigenvalue weighted by Crippen LogP contribution is -2.33. The van der Waals surface area contributed by atoms with Gasteiger partial charge in [0.05, 0.1) is 6.10 Å². The van der Waals surface area contributed by atoms with E-state index in [0.29, 0.717) is 11.8 Å². The Kier molecular flexibility index (Phi) is 2.94. The molecule has 0 spiro atoms. The highest BCUT2D eigenvalue weighted by Gasteiger charge is 2.30. The first-order valence-electron chi connectivity index (χ1n) is 4.83. The molecule has 1 fully saturated rings. The molecule has 2 unspecified atom stereocenters. The number of aliphatic hydroxyl groups is 1. The van der Waals surface area contributed by atoms with Crippen LogP contribution in [0.3, 0.4) is 0 Å². The first kappa shape index (κ1) is 9.05. The standard InChI is InChI=1S/C10H20O/c1-4-9-5-7(2)10(11)8(3)6-9/h7-11H,4-6H2,1-3H3. The Morgan fingerprint density at radius 1 is 1.18 bits per heavy atom. The van der Waals surface area contributed by atoms with Gasteiger partial charge < -0.3 is 5.11 Å². The summed E-state index contributed by atoms with van der Waals surface area (Å²) in [5.41, 5.74) is 0. The molecule has 0 aromatic carbocycles. The molecule has 0 bridgehead atoms. The summed E-state index contributed by atoms with van der Waals surface area (Å²) in [6, 6.07) is 0. The minimum absolute atomic E-state index is 0.0437. The average Bonchev–Trinajstić information content (AvgIpc) is 1.99. The van der Waals surface area contributed by atoms with Crippen molar-refractivity contribution < 1.29 is 5.11 Å². The molecule has 2 atom stereocenters. The van der Waals surface area contributed by atoms with Crippen LogP contribution in [0.15, 0.2) is 0 Å². The monoisotopic (exact) mass is 156 g/mol. The van der Waals surface area contributed by atoms with Crippen molar-refractivity contribution in [1.29, 1.82) is 0 Å². The highest BCUT2D eigenvalue weighted by atomic mass is 16.3. The van der Waals surface area contributed by atoms with E-state index in [9.17, 15) is 5.11 Å². The molecular weight excluding hydrogens is 136 g/mol. The maximum Gasteiger partial charge on any atom is 0.0591 e. The molecule has 0 aliphatic heterocycles. The largest absolute Gasteiger partial charge is 0.393 e. The van der Waals surface area contributed by atoms with Gasteiger partial charge in [-0.15, -0.1) is 0 Å². The van der Waals surface area contributed by atoms with Crippen LogP contribution < -0.4 is 0 Å². The predicted octanol–water partition coefficient (Wildman–Crippen LogP) is 2.44. The van der Waals surface area contributed by atoms with E-state index in [1.165, 1.54) is 19.3 Å². The zero-order chi connectivity index (χ0) is 8.43. The molecule has 1 heteroatoms. The van der Waals surface area contributed by atoms with Crippen LogP contribution in [0.25, 0.3) is 0 Å². The SMILES string of the molecule is CCC1CC(C)C(O)C(C)C1. The first-order chi connectivity index (χ1) is 5.15. The fourth-order valence-electron chi connectivity index (χ4n) is 2.32. The van der Waals surface area contributed by atoms with Gasteiger partial charge in [0.1, 0.15) is 0 Å². The third-order valence-electron chi connectivity index (χ3n) is 3.15. The van der Waals surface area contributed by atoms with Gasteiger partial charge in [-0.2, -0.15) is 0 Å². The predicted molar refractivity (Wildman–Crippen MR) is 47.3 cm³/mol. The smallest absolute Gasteiger partial charge is 0.0591 e. The summed E-state index contributed by atoms with van der Waals surface area (Å²) in [5, 5.41) is 9.66. The highest BCUT2D eigenvalue weighted by molar-refractivity contribution is 4.81. The van der Waals surface area contributed by atoms with Crippen molar-refractivity contribution in [3.05, 3.63) is 0 Å². The van der Waals surface area contributed by atoms with Gasteiger partial charge in [0.15, 0.2) is 0 Å². The third kappa shape index (κ3) is 1.96. The molecular formula is C10H20O. The van der Waals surface area contributed by atoms with E-state index in [-0.39, 0.29) is 6.10 Å². The summed E-state index contributed by atoms with van der Waals surface area (Å²) in [7, 11) is 0. The molecule has 1 aliphatic rings. The lowest BCUT2D eigenvalue weighted by atomic mass is 9.74. The van der Waals surface area contributed by atoms with Crippen molar-refractivity contribution in [2.75, 3.05) is 0 Å². The van der Waals surface area contributed by atoms with E-state index >= 15 is 0 Å². The van der Waals surface area contributed by atoms with E-state index in [1.54, 1.807) is 0 Å². The Morgan fingerprint density at radius 3 is 2.00 bits per heavy atom. The molecule has 1 saturated carbocycles. The fraction of sp³-hybridized carbons (Fsp3) is 1.00. The molecule has 11 heavy (non-hydrogen) atoms. The van der Waals surface area contributed by atoms with Crippen LogP contribution in [0, 0.1) is 17.8 Å². The molecule has 1 N–H and O–H groups in total. The van der Waals surface area contributed by atoms with Gasteiger partial charge in [0.2, 0.25) is 0 Å². The maximum atomic E-state index is 9.66. The summed E-state index contributed by atoms with van der Waals surface area (Å²) in [5.74, 6) is 1.90. The van der Waals surface area contributed by atoms with Gasteiger partial charge in [0, 0.05) is 0 Å². The van der Waals surface area contributed by atoms with Crippen molar-refractivity contribution in [3.63, 3.8) is 0 Å². The van der Waals surface area contributed by atoms with Crippen molar-refractivity contribution in [2.45, 2.75) is 46.1 Å². The average molecular weight is 156 g/mol. The molecule has 1 aliphatic carbocycles. The molecule has 0 aromatic heterocycles. The topological polar surface area (TPSA) is 20.2 Å². The third-order valence-corrected chi connectivity index (χ3v) is 3.15. The highest BCUT2D eigenvalue weighted by Crippen LogP contribution is 2.34. The van der Waals surface area contributed by atoms with E-state index in [2.05, 4.69) is 20.8 Å². The Balaban J connectivity index is 2.47. The van der Waals surface area contributed by atoms with Crippen molar-refractivity contribution >= 4 is 0 Å². The fourth-order valence-corrected chi connectivity index (χ4v) is 2.32. The van der Waals surface area contributed by atoms with Gasteiger partial charge in [-0.1, -0.05) is 27.2 Å². The molecule has 0 radical (unpaired) electrons. The second kappa shape index (κ2) is 3.57. The van der Waals surface area contributed by atoms with E-state index < -0.39 is 0 Å². The van der Waals surface area contributed by atoms with Gasteiger partial charge in [-0.25, -0.2) is 0 Å². The van der Waals surface area contributed by atoms with Gasteiger partial charge in [0.25, 0.3) is 0 Å². The van der Waals surface area contributed by atoms with Crippen LogP contribution in [0.5, 0.6) is 0 Å². The Hall–Kier alpha value is -0.0400. The molecule has 0 aromatic rings. The van der Waals surface area contributed by atoms with Crippen LogP contribution in [0.1, 0.15) is 40.0 Å². The van der Waals surface area contributed by atoms with E-state index in [0.717, 1.165) is 5.92 Å². The minimum atomic E-state index is -0.0437. The van der Waals surface area contributed by atoms with Crippen molar-refractivity contribution in [2.24, 2.45) is 17.8 Å². The van der Waals surface area contributed by atoms with E-state index in [1.807, 2.05) is 0 Å². The molecule has 0 saturated heterocycles. The van der Waals surface area contributed by atoms with Crippen molar-refractivity contribution in [3.8, 4) is 0 Å². The van der Waals surface area contributed by atoms with E-state index in [4.69, 9.17) is 0 Å². The maximum absolute atomic E-state index is 9.66. The van der Waals surface area contributed by atoms with Crippen molar-refractivity contribution in [1.82, 2.24) is 0 Å². The lowest BCUT2D eigenvalue weighted by Gasteiger charge is -2.35. The van der Waals surface area contributed by atoms with Gasteiger partial charge >= 0.3 is 0 Å². The van der Waals surface area contributed by atoms with Gasteiger partial charge in [-0.05, 0) is 30.6 Å². The first-order valence-corrected chi connectivity index (χ1v) is 4.83. The lowest BCUT2D eigenvalue weighted by molar-refractivity contribution is 0.0107. The Morgan fingerprint density at radius 2 is 1.64 bits per heavy atom. The molecule has 0 amide bonds. The van der Waals surface area contributed by atoms with Crippen LogP contribution in [0.4, 0.5) is 0 Å². The Labute approximate surface area is 69.8 Å². The summed E-state index contributed by atoms with van der Waals surface area (Å²) >= 11 is 0. The van der Waals surface area contributed by atoms with Crippen LogP contribution in [-0.2, 0) is 0 Å². The van der Waals surface area contributed by atoms with Crippen LogP contribution in [-0.4, -0.2) is 11.2 Å². The molecule has 1 rings (SSSR count).